The number of amides is 2. The maximum Gasteiger partial charge on any atom is 0.323 e. The van der Waals surface area contributed by atoms with Crippen LogP contribution in [0.2, 0.25) is 0 Å². The van der Waals surface area contributed by atoms with E-state index in [-0.39, 0.29) is 18.6 Å². The van der Waals surface area contributed by atoms with Crippen molar-refractivity contribution in [2.75, 3.05) is 25.0 Å². The number of piperidine rings is 1. The third kappa shape index (κ3) is 3.53. The molecule has 2 N–H and O–H groups in total. The highest BCUT2D eigenvalue weighted by molar-refractivity contribution is 5.89. The molecule has 1 aliphatic heterocycles. The van der Waals surface area contributed by atoms with Gasteiger partial charge in [-0.15, -0.1) is 5.10 Å². The van der Waals surface area contributed by atoms with Crippen LogP contribution in [-0.4, -0.2) is 45.5 Å². The summed E-state index contributed by atoms with van der Waals surface area (Å²) in [5.41, 5.74) is 1.87. The van der Waals surface area contributed by atoms with Crippen LogP contribution in [0, 0.1) is 12.8 Å². The molecular formula is C17H22N4O2. The molecule has 0 saturated carbocycles. The first-order chi connectivity index (χ1) is 11.2. The largest absolute Gasteiger partial charge is 0.396 e. The van der Waals surface area contributed by atoms with Crippen molar-refractivity contribution >= 4 is 11.8 Å². The van der Waals surface area contributed by atoms with E-state index in [2.05, 4.69) is 10.4 Å². The van der Waals surface area contributed by atoms with Gasteiger partial charge in [-0.2, -0.15) is 0 Å². The maximum absolute atomic E-state index is 12.4. The minimum Gasteiger partial charge on any atom is -0.396 e. The molecule has 0 aliphatic carbocycles. The molecule has 1 saturated heterocycles. The zero-order valence-corrected chi connectivity index (χ0v) is 13.3. The zero-order chi connectivity index (χ0) is 16.2. The summed E-state index contributed by atoms with van der Waals surface area (Å²) in [6.45, 7) is 3.38. The predicted octanol–water partition coefficient (Wildman–Crippen LogP) is 2.42. The van der Waals surface area contributed by atoms with Crippen LogP contribution >= 0.6 is 0 Å². The smallest absolute Gasteiger partial charge is 0.323 e. The number of hydrogen-bond acceptors (Lipinski definition) is 3. The van der Waals surface area contributed by atoms with E-state index in [4.69, 9.17) is 0 Å². The van der Waals surface area contributed by atoms with Crippen molar-refractivity contribution in [3.8, 4) is 5.69 Å². The van der Waals surface area contributed by atoms with E-state index in [0.717, 1.165) is 30.6 Å². The molecular weight excluding hydrogens is 292 g/mol. The molecule has 0 radical (unpaired) electrons. The van der Waals surface area contributed by atoms with Crippen LogP contribution in [0.1, 0.15) is 18.4 Å². The molecule has 1 atom stereocenters. The molecule has 0 spiro atoms. The fourth-order valence-electron chi connectivity index (χ4n) is 2.88. The Balaban J connectivity index is 1.70. The van der Waals surface area contributed by atoms with Crippen LogP contribution in [0.25, 0.3) is 5.69 Å². The molecule has 2 heterocycles. The second kappa shape index (κ2) is 6.83. The third-order valence-corrected chi connectivity index (χ3v) is 4.21. The number of nitrogens with one attached hydrogen (secondary N) is 1. The lowest BCUT2D eigenvalue weighted by molar-refractivity contribution is 0.136. The van der Waals surface area contributed by atoms with Crippen molar-refractivity contribution in [3.05, 3.63) is 42.1 Å². The van der Waals surface area contributed by atoms with Crippen LogP contribution in [0.4, 0.5) is 10.6 Å². The number of para-hydroxylation sites is 1. The molecule has 6 heteroatoms. The number of carbonyl (C=O) groups excluding carboxylic acids is 1. The normalized spacial score (nSPS) is 18.0. The van der Waals surface area contributed by atoms with Gasteiger partial charge in [-0.1, -0.05) is 18.2 Å². The van der Waals surface area contributed by atoms with Gasteiger partial charge in [-0.3, -0.25) is 5.32 Å². The van der Waals surface area contributed by atoms with Crippen molar-refractivity contribution < 1.29 is 9.90 Å². The summed E-state index contributed by atoms with van der Waals surface area (Å²) in [7, 11) is 0. The van der Waals surface area contributed by atoms with Crippen molar-refractivity contribution in [2.45, 2.75) is 19.8 Å². The van der Waals surface area contributed by atoms with Gasteiger partial charge in [0, 0.05) is 31.5 Å². The Bertz CT molecular complexity index is 668. The Morgan fingerprint density at radius 1 is 1.39 bits per heavy atom. The highest BCUT2D eigenvalue weighted by Gasteiger charge is 2.24. The fraction of sp³-hybridized carbons (Fsp3) is 0.412. The first kappa shape index (κ1) is 15.6. The molecule has 6 nitrogen and oxygen atoms in total. The molecule has 1 aromatic heterocycles. The Hall–Kier alpha value is -2.34. The number of likely N-dealkylation sites (tertiary alicyclic amines) is 1. The minimum absolute atomic E-state index is 0.130. The summed E-state index contributed by atoms with van der Waals surface area (Å²) >= 11 is 0. The van der Waals surface area contributed by atoms with Crippen LogP contribution in [0.15, 0.2) is 36.5 Å². The fourth-order valence-corrected chi connectivity index (χ4v) is 2.88. The van der Waals surface area contributed by atoms with E-state index in [1.165, 1.54) is 0 Å². The number of aryl methyl sites for hydroxylation is 1. The van der Waals surface area contributed by atoms with E-state index in [1.807, 2.05) is 43.5 Å². The Labute approximate surface area is 135 Å². The van der Waals surface area contributed by atoms with Crippen molar-refractivity contribution in [1.29, 1.82) is 0 Å². The lowest BCUT2D eigenvalue weighted by Gasteiger charge is -2.31. The standard InChI is InChI=1S/C17H22N4O2/c1-13-10-21(15-7-3-2-4-8-15)19-16(13)18-17(23)20-9-5-6-14(11-20)12-22/h2-4,7-8,10,14,22H,5-6,9,11-12H2,1H3,(H,18,19,23). The number of nitrogens with zero attached hydrogens (tertiary/aromatic N) is 3. The van der Waals surface area contributed by atoms with Gasteiger partial charge in [0.25, 0.3) is 0 Å². The number of aliphatic hydroxyl groups is 1. The van der Waals surface area contributed by atoms with Crippen LogP contribution in [-0.2, 0) is 0 Å². The SMILES string of the molecule is Cc1cn(-c2ccccc2)nc1NC(=O)N1CCCC(CO)C1. The first-order valence-electron chi connectivity index (χ1n) is 7.96. The quantitative estimate of drug-likeness (QED) is 0.914. The number of carbonyl (C=O) groups is 1. The number of anilines is 1. The van der Waals surface area contributed by atoms with E-state index < -0.39 is 0 Å². The van der Waals surface area contributed by atoms with Gasteiger partial charge in [0.15, 0.2) is 5.82 Å². The Morgan fingerprint density at radius 3 is 2.91 bits per heavy atom. The molecule has 2 amide bonds. The molecule has 3 rings (SSSR count). The number of hydrogen-bond donors (Lipinski definition) is 2. The monoisotopic (exact) mass is 314 g/mol. The Morgan fingerprint density at radius 2 is 2.17 bits per heavy atom. The average Bonchev–Trinajstić information content (AvgIpc) is 2.96. The number of rotatable bonds is 3. The topological polar surface area (TPSA) is 70.4 Å². The maximum atomic E-state index is 12.4. The Kier molecular flexibility index (Phi) is 4.62. The van der Waals surface area contributed by atoms with Crippen LogP contribution in [0.3, 0.4) is 0 Å². The number of urea groups is 1. The van der Waals surface area contributed by atoms with E-state index in [1.54, 1.807) is 9.58 Å². The first-order valence-corrected chi connectivity index (χ1v) is 7.96. The summed E-state index contributed by atoms with van der Waals surface area (Å²) in [4.78, 5) is 14.2. The lowest BCUT2D eigenvalue weighted by atomic mass is 9.99. The predicted molar refractivity (Wildman–Crippen MR) is 88.7 cm³/mol. The van der Waals surface area contributed by atoms with Crippen molar-refractivity contribution in [1.82, 2.24) is 14.7 Å². The van der Waals surface area contributed by atoms with Gasteiger partial charge in [-0.25, -0.2) is 9.48 Å². The summed E-state index contributed by atoms with van der Waals surface area (Å²) in [6, 6.07) is 9.64. The van der Waals surface area contributed by atoms with E-state index >= 15 is 0 Å². The zero-order valence-electron chi connectivity index (χ0n) is 13.3. The molecule has 1 aliphatic rings. The van der Waals surface area contributed by atoms with Gasteiger partial charge in [0.05, 0.1) is 5.69 Å². The van der Waals surface area contributed by atoms with E-state index in [9.17, 15) is 9.90 Å². The number of benzene rings is 1. The van der Waals surface area contributed by atoms with Gasteiger partial charge in [0.2, 0.25) is 0 Å². The lowest BCUT2D eigenvalue weighted by Crippen LogP contribution is -2.43. The molecule has 23 heavy (non-hydrogen) atoms. The second-order valence-corrected chi connectivity index (χ2v) is 6.01. The van der Waals surface area contributed by atoms with Gasteiger partial charge >= 0.3 is 6.03 Å². The highest BCUT2D eigenvalue weighted by Crippen LogP contribution is 2.19. The van der Waals surface area contributed by atoms with E-state index in [0.29, 0.717) is 12.4 Å². The number of aromatic nitrogens is 2. The summed E-state index contributed by atoms with van der Waals surface area (Å²) in [5, 5.41) is 16.6. The van der Waals surface area contributed by atoms with Crippen LogP contribution < -0.4 is 5.32 Å². The minimum atomic E-state index is -0.149. The molecule has 1 aromatic carbocycles. The van der Waals surface area contributed by atoms with Gasteiger partial charge < -0.3 is 10.0 Å². The van der Waals surface area contributed by atoms with Gasteiger partial charge in [0.1, 0.15) is 0 Å². The summed E-state index contributed by atoms with van der Waals surface area (Å²) in [5.74, 6) is 0.752. The highest BCUT2D eigenvalue weighted by atomic mass is 16.3. The van der Waals surface area contributed by atoms with Crippen LogP contribution in [0.5, 0.6) is 0 Å². The van der Waals surface area contributed by atoms with Crippen molar-refractivity contribution in [3.63, 3.8) is 0 Å². The second-order valence-electron chi connectivity index (χ2n) is 6.01. The average molecular weight is 314 g/mol. The molecule has 0 bridgehead atoms. The molecule has 1 unspecified atom stereocenters. The summed E-state index contributed by atoms with van der Waals surface area (Å²) in [6.07, 6.45) is 3.80. The number of aliphatic hydroxyl groups excluding tert-OH is 1. The van der Waals surface area contributed by atoms with Gasteiger partial charge in [-0.05, 0) is 37.8 Å². The molecule has 122 valence electrons. The molecule has 2 aromatic rings. The molecule has 1 fully saturated rings. The van der Waals surface area contributed by atoms with Crippen molar-refractivity contribution in [2.24, 2.45) is 5.92 Å². The third-order valence-electron chi connectivity index (χ3n) is 4.21. The summed E-state index contributed by atoms with van der Waals surface area (Å²) < 4.78 is 1.76.